The van der Waals surface area contributed by atoms with Crippen molar-refractivity contribution in [1.29, 1.82) is 0 Å². The number of halogens is 1. The van der Waals surface area contributed by atoms with Gasteiger partial charge < -0.3 is 15.7 Å². The lowest BCUT2D eigenvalue weighted by atomic mass is 9.72. The van der Waals surface area contributed by atoms with E-state index in [1.54, 1.807) is 0 Å². The van der Waals surface area contributed by atoms with E-state index in [9.17, 15) is 5.11 Å². The number of guanidine groups is 1. The second-order valence-corrected chi connectivity index (χ2v) is 6.78. The fraction of sp³-hybridized carbons (Fsp3) is 0.778. The number of aryl methyl sites for hydroxylation is 1. The standard InChI is InChI=1S/C18H33N5O.HI/c1-2-19-17(20-11-6-13-23-14-7-12-22-23)21-16-18(10-15-24)8-4-3-5-9-18;/h7,12,14,24H,2-6,8-11,13,15-16H2,1H3,(H2,19,20,21);1H. The first-order valence-electron chi connectivity index (χ1n) is 9.38. The van der Waals surface area contributed by atoms with Crippen LogP contribution < -0.4 is 10.6 Å². The van der Waals surface area contributed by atoms with E-state index >= 15 is 0 Å². The quantitative estimate of drug-likeness (QED) is 0.228. The molecule has 144 valence electrons. The van der Waals surface area contributed by atoms with Crippen molar-refractivity contribution < 1.29 is 5.11 Å². The molecule has 0 unspecified atom stereocenters. The third-order valence-electron chi connectivity index (χ3n) is 4.89. The summed E-state index contributed by atoms with van der Waals surface area (Å²) < 4.78 is 1.95. The predicted octanol–water partition coefficient (Wildman–Crippen LogP) is 2.78. The lowest BCUT2D eigenvalue weighted by Crippen LogP contribution is -2.39. The molecular weight excluding hydrogens is 429 g/mol. The molecule has 0 aromatic carbocycles. The van der Waals surface area contributed by atoms with Crippen LogP contribution in [0.4, 0.5) is 0 Å². The number of aliphatic hydroxyl groups is 1. The minimum Gasteiger partial charge on any atom is -0.396 e. The van der Waals surface area contributed by atoms with E-state index in [0.29, 0.717) is 0 Å². The molecule has 6 nitrogen and oxygen atoms in total. The van der Waals surface area contributed by atoms with E-state index in [0.717, 1.165) is 45.0 Å². The number of aliphatic hydroxyl groups excluding tert-OH is 1. The van der Waals surface area contributed by atoms with Gasteiger partial charge in [-0.3, -0.25) is 9.67 Å². The van der Waals surface area contributed by atoms with Crippen LogP contribution in [0.1, 0.15) is 51.9 Å². The van der Waals surface area contributed by atoms with Gasteiger partial charge in [0.1, 0.15) is 0 Å². The predicted molar refractivity (Wildman–Crippen MR) is 113 cm³/mol. The smallest absolute Gasteiger partial charge is 0.191 e. The van der Waals surface area contributed by atoms with E-state index in [2.05, 4.69) is 22.7 Å². The number of aliphatic imine (C=N–C) groups is 1. The van der Waals surface area contributed by atoms with Crippen LogP contribution in [0.25, 0.3) is 0 Å². The van der Waals surface area contributed by atoms with Gasteiger partial charge in [0.05, 0.1) is 0 Å². The van der Waals surface area contributed by atoms with Crippen LogP contribution in [-0.4, -0.2) is 47.1 Å². The Morgan fingerprint density at radius 2 is 2.08 bits per heavy atom. The molecule has 1 aromatic heterocycles. The third kappa shape index (κ3) is 7.94. The molecular formula is C18H34IN5O. The molecule has 1 heterocycles. The van der Waals surface area contributed by atoms with Gasteiger partial charge >= 0.3 is 0 Å². The molecule has 1 fully saturated rings. The zero-order chi connectivity index (χ0) is 17.1. The molecule has 0 bridgehead atoms. The second kappa shape index (κ2) is 12.5. The fourth-order valence-electron chi connectivity index (χ4n) is 3.50. The normalized spacial score (nSPS) is 17.0. The lowest BCUT2D eigenvalue weighted by molar-refractivity contribution is 0.137. The molecule has 1 aliphatic rings. The van der Waals surface area contributed by atoms with E-state index in [1.165, 1.54) is 32.1 Å². The van der Waals surface area contributed by atoms with Gasteiger partial charge in [-0.2, -0.15) is 5.10 Å². The average Bonchev–Trinajstić information content (AvgIpc) is 3.11. The Kier molecular flexibility index (Phi) is 11.1. The Labute approximate surface area is 168 Å². The van der Waals surface area contributed by atoms with E-state index in [-0.39, 0.29) is 36.0 Å². The Hall–Kier alpha value is -0.830. The zero-order valence-corrected chi connectivity index (χ0v) is 17.7. The molecule has 0 amide bonds. The van der Waals surface area contributed by atoms with Crippen LogP contribution in [-0.2, 0) is 6.54 Å². The molecule has 1 aromatic rings. The lowest BCUT2D eigenvalue weighted by Gasteiger charge is -2.35. The van der Waals surface area contributed by atoms with Crippen LogP contribution in [0.15, 0.2) is 23.5 Å². The maximum absolute atomic E-state index is 9.43. The largest absolute Gasteiger partial charge is 0.396 e. The summed E-state index contributed by atoms with van der Waals surface area (Å²) in [6.07, 6.45) is 11.9. The summed E-state index contributed by atoms with van der Waals surface area (Å²) in [5.41, 5.74) is 0.199. The van der Waals surface area contributed by atoms with Crippen LogP contribution in [0, 0.1) is 5.41 Å². The van der Waals surface area contributed by atoms with E-state index < -0.39 is 0 Å². The highest BCUT2D eigenvalue weighted by atomic mass is 127. The van der Waals surface area contributed by atoms with Gasteiger partial charge in [-0.05, 0) is 44.1 Å². The maximum atomic E-state index is 9.43. The molecule has 1 saturated carbocycles. The maximum Gasteiger partial charge on any atom is 0.191 e. The number of rotatable bonds is 9. The number of hydrogen-bond donors (Lipinski definition) is 3. The fourth-order valence-corrected chi connectivity index (χ4v) is 3.50. The molecule has 0 radical (unpaired) electrons. The summed E-state index contributed by atoms with van der Waals surface area (Å²) in [7, 11) is 0. The molecule has 1 aliphatic carbocycles. The molecule has 7 heteroatoms. The number of aromatic nitrogens is 2. The summed E-state index contributed by atoms with van der Waals surface area (Å²) in [5, 5.41) is 20.4. The third-order valence-corrected chi connectivity index (χ3v) is 4.89. The van der Waals surface area contributed by atoms with Crippen molar-refractivity contribution in [2.45, 2.75) is 58.4 Å². The van der Waals surface area contributed by atoms with Gasteiger partial charge in [-0.1, -0.05) is 19.3 Å². The average molecular weight is 463 g/mol. The Balaban J connectivity index is 0.00000312. The topological polar surface area (TPSA) is 74.5 Å². The van der Waals surface area contributed by atoms with Crippen molar-refractivity contribution in [3.63, 3.8) is 0 Å². The van der Waals surface area contributed by atoms with Crippen LogP contribution in [0.2, 0.25) is 0 Å². The minimum atomic E-state index is 0. The first-order chi connectivity index (χ1) is 11.8. The number of nitrogens with one attached hydrogen (secondary N) is 2. The van der Waals surface area contributed by atoms with Crippen molar-refractivity contribution in [1.82, 2.24) is 20.4 Å². The molecule has 0 atom stereocenters. The van der Waals surface area contributed by atoms with Crippen molar-refractivity contribution >= 4 is 29.9 Å². The highest BCUT2D eigenvalue weighted by Crippen LogP contribution is 2.39. The Morgan fingerprint density at radius 1 is 1.28 bits per heavy atom. The van der Waals surface area contributed by atoms with Crippen molar-refractivity contribution in [3.8, 4) is 0 Å². The molecule has 0 spiro atoms. The molecule has 2 rings (SSSR count). The molecule has 3 N–H and O–H groups in total. The van der Waals surface area contributed by atoms with Crippen molar-refractivity contribution in [3.05, 3.63) is 18.5 Å². The summed E-state index contributed by atoms with van der Waals surface area (Å²) >= 11 is 0. The molecule has 25 heavy (non-hydrogen) atoms. The summed E-state index contributed by atoms with van der Waals surface area (Å²) in [4.78, 5) is 4.82. The van der Waals surface area contributed by atoms with E-state index in [1.807, 2.05) is 23.1 Å². The first kappa shape index (κ1) is 22.2. The summed E-state index contributed by atoms with van der Waals surface area (Å²) in [5.74, 6) is 0.890. The molecule has 0 saturated heterocycles. The van der Waals surface area contributed by atoms with E-state index in [4.69, 9.17) is 4.99 Å². The van der Waals surface area contributed by atoms with Gasteiger partial charge in [0.25, 0.3) is 0 Å². The van der Waals surface area contributed by atoms with Crippen LogP contribution >= 0.6 is 24.0 Å². The highest BCUT2D eigenvalue weighted by Gasteiger charge is 2.31. The highest BCUT2D eigenvalue weighted by molar-refractivity contribution is 14.0. The Morgan fingerprint density at radius 3 is 2.72 bits per heavy atom. The zero-order valence-electron chi connectivity index (χ0n) is 15.4. The second-order valence-electron chi connectivity index (χ2n) is 6.78. The minimum absolute atomic E-state index is 0. The van der Waals surface area contributed by atoms with Gasteiger partial charge in [0, 0.05) is 45.2 Å². The van der Waals surface area contributed by atoms with Crippen molar-refractivity contribution in [2.24, 2.45) is 10.4 Å². The van der Waals surface area contributed by atoms with Gasteiger partial charge in [0.15, 0.2) is 5.96 Å². The summed E-state index contributed by atoms with van der Waals surface area (Å²) in [6.45, 7) is 5.81. The van der Waals surface area contributed by atoms with Crippen LogP contribution in [0.5, 0.6) is 0 Å². The van der Waals surface area contributed by atoms with Crippen molar-refractivity contribution in [2.75, 3.05) is 26.2 Å². The number of hydrogen-bond acceptors (Lipinski definition) is 3. The van der Waals surface area contributed by atoms with Gasteiger partial charge in [0.2, 0.25) is 0 Å². The van der Waals surface area contributed by atoms with Crippen LogP contribution in [0.3, 0.4) is 0 Å². The Bertz CT molecular complexity index is 466. The summed E-state index contributed by atoms with van der Waals surface area (Å²) in [6, 6.07) is 1.95. The SMILES string of the molecule is CCNC(=NCC1(CCO)CCCCC1)NCCCn1cccn1.I. The number of nitrogens with zero attached hydrogens (tertiary/aromatic N) is 3. The van der Waals surface area contributed by atoms with Gasteiger partial charge in [-0.25, -0.2) is 0 Å². The first-order valence-corrected chi connectivity index (χ1v) is 9.38. The van der Waals surface area contributed by atoms with Gasteiger partial charge in [-0.15, -0.1) is 24.0 Å². The molecule has 0 aliphatic heterocycles. The monoisotopic (exact) mass is 463 g/mol.